The number of alkyl halides is 3. The Morgan fingerprint density at radius 3 is 1.97 bits per heavy atom. The lowest BCUT2D eigenvalue weighted by Crippen LogP contribution is -2.21. The molecule has 0 radical (unpaired) electrons. The quantitative estimate of drug-likeness (QED) is 0.225. The van der Waals surface area contributed by atoms with E-state index in [-0.39, 0.29) is 11.3 Å². The minimum absolute atomic E-state index is 0.170. The molecule has 0 aliphatic heterocycles. The fourth-order valence-corrected chi connectivity index (χ4v) is 3.54. The molecule has 0 aliphatic carbocycles. The van der Waals surface area contributed by atoms with Crippen molar-refractivity contribution in [1.82, 2.24) is 0 Å². The van der Waals surface area contributed by atoms with E-state index in [0.29, 0.717) is 4.90 Å². The first-order chi connectivity index (χ1) is 16.4. The molecule has 0 atom stereocenters. The SMILES string of the molecule is O=C(CSc1cccc(NC(=O)c2ccc(F)cc2)c1)Nc1c(F)c(F)c(C(F)(F)F)c(F)c1F. The molecule has 35 heavy (non-hydrogen) atoms. The van der Waals surface area contributed by atoms with E-state index in [1.807, 2.05) is 0 Å². The first-order valence-corrected chi connectivity index (χ1v) is 10.4. The van der Waals surface area contributed by atoms with E-state index < -0.39 is 64.1 Å². The molecular formula is C22H12F8N2O2S. The van der Waals surface area contributed by atoms with Gasteiger partial charge in [0.25, 0.3) is 5.91 Å². The summed E-state index contributed by atoms with van der Waals surface area (Å²) in [6.07, 6.45) is -5.70. The summed E-state index contributed by atoms with van der Waals surface area (Å²) in [5.41, 5.74) is -3.99. The van der Waals surface area contributed by atoms with Crippen LogP contribution in [0, 0.1) is 29.1 Å². The first kappa shape index (κ1) is 26.0. The van der Waals surface area contributed by atoms with Gasteiger partial charge in [-0.2, -0.15) is 13.2 Å². The van der Waals surface area contributed by atoms with Gasteiger partial charge in [-0.15, -0.1) is 11.8 Å². The van der Waals surface area contributed by atoms with Gasteiger partial charge in [-0.3, -0.25) is 9.59 Å². The fourth-order valence-electron chi connectivity index (χ4n) is 2.78. The second-order valence-electron chi connectivity index (χ2n) is 6.83. The van der Waals surface area contributed by atoms with Crippen molar-refractivity contribution in [2.24, 2.45) is 0 Å². The summed E-state index contributed by atoms with van der Waals surface area (Å²) in [4.78, 5) is 24.6. The zero-order valence-corrected chi connectivity index (χ0v) is 17.9. The van der Waals surface area contributed by atoms with Crippen molar-refractivity contribution in [3.63, 3.8) is 0 Å². The Balaban J connectivity index is 1.68. The van der Waals surface area contributed by atoms with Gasteiger partial charge < -0.3 is 10.6 Å². The van der Waals surface area contributed by atoms with Gasteiger partial charge in [-0.05, 0) is 42.5 Å². The number of carbonyl (C=O) groups is 2. The fraction of sp³-hybridized carbons (Fsp3) is 0.0909. The van der Waals surface area contributed by atoms with Crippen LogP contribution in [-0.4, -0.2) is 17.6 Å². The molecule has 3 rings (SSSR count). The summed E-state index contributed by atoms with van der Waals surface area (Å²) in [6, 6.07) is 10.7. The number of carbonyl (C=O) groups excluding carboxylic acids is 2. The van der Waals surface area contributed by atoms with Crippen LogP contribution in [0.5, 0.6) is 0 Å². The molecule has 0 spiro atoms. The Morgan fingerprint density at radius 1 is 0.800 bits per heavy atom. The average molecular weight is 520 g/mol. The zero-order chi connectivity index (χ0) is 25.9. The van der Waals surface area contributed by atoms with Crippen molar-refractivity contribution in [3.8, 4) is 0 Å². The second kappa shape index (κ2) is 10.3. The molecule has 0 aromatic heterocycles. The van der Waals surface area contributed by atoms with E-state index in [9.17, 15) is 44.7 Å². The molecule has 4 nitrogen and oxygen atoms in total. The molecule has 0 aliphatic rings. The molecule has 0 saturated carbocycles. The van der Waals surface area contributed by atoms with Crippen molar-refractivity contribution < 1.29 is 44.7 Å². The normalized spacial score (nSPS) is 11.3. The number of hydrogen-bond donors (Lipinski definition) is 2. The smallest absolute Gasteiger partial charge is 0.322 e. The van der Waals surface area contributed by atoms with Crippen LogP contribution in [0.4, 0.5) is 46.5 Å². The number of amides is 2. The average Bonchev–Trinajstić information content (AvgIpc) is 2.79. The third kappa shape index (κ3) is 6.10. The number of anilines is 2. The molecular weight excluding hydrogens is 508 g/mol. The highest BCUT2D eigenvalue weighted by Gasteiger charge is 2.42. The standard InChI is InChI=1S/C22H12F8N2O2S/c23-11-6-4-10(5-7-11)21(34)31-12-2-1-3-13(8-12)35-9-14(33)32-20-18(26)16(24)15(22(28,29)30)17(25)19(20)27/h1-8H,9H2,(H,31,34)(H,32,33). The molecule has 13 heteroatoms. The van der Waals surface area contributed by atoms with Crippen LogP contribution < -0.4 is 10.6 Å². The highest BCUT2D eigenvalue weighted by Crippen LogP contribution is 2.38. The second-order valence-corrected chi connectivity index (χ2v) is 7.88. The maximum absolute atomic E-state index is 13.9. The number of thioether (sulfide) groups is 1. The van der Waals surface area contributed by atoms with Crippen LogP contribution in [0.3, 0.4) is 0 Å². The monoisotopic (exact) mass is 520 g/mol. The third-order valence-electron chi connectivity index (χ3n) is 4.38. The van der Waals surface area contributed by atoms with Gasteiger partial charge in [-0.25, -0.2) is 22.0 Å². The summed E-state index contributed by atoms with van der Waals surface area (Å²) < 4.78 is 106. The lowest BCUT2D eigenvalue weighted by Gasteiger charge is -2.14. The molecule has 0 unspecified atom stereocenters. The van der Waals surface area contributed by atoms with Crippen LogP contribution in [0.2, 0.25) is 0 Å². The number of hydrogen-bond acceptors (Lipinski definition) is 3. The summed E-state index contributed by atoms with van der Waals surface area (Å²) in [5, 5.41) is 4.07. The van der Waals surface area contributed by atoms with E-state index in [4.69, 9.17) is 0 Å². The van der Waals surface area contributed by atoms with Crippen LogP contribution in [0.25, 0.3) is 0 Å². The topological polar surface area (TPSA) is 58.2 Å². The number of halogens is 8. The molecule has 2 amide bonds. The minimum Gasteiger partial charge on any atom is -0.322 e. The van der Waals surface area contributed by atoms with Crippen molar-refractivity contribution in [1.29, 1.82) is 0 Å². The number of nitrogens with one attached hydrogen (secondary N) is 2. The van der Waals surface area contributed by atoms with Crippen LogP contribution in [0.1, 0.15) is 15.9 Å². The van der Waals surface area contributed by atoms with Crippen LogP contribution in [0.15, 0.2) is 53.4 Å². The van der Waals surface area contributed by atoms with Crippen molar-refractivity contribution in [2.45, 2.75) is 11.1 Å². The van der Waals surface area contributed by atoms with Gasteiger partial charge >= 0.3 is 6.18 Å². The maximum atomic E-state index is 13.9. The predicted octanol–water partition coefficient (Wildman–Crippen LogP) is 6.38. The van der Waals surface area contributed by atoms with E-state index in [1.54, 1.807) is 0 Å². The largest absolute Gasteiger partial charge is 0.422 e. The number of rotatable bonds is 6. The highest BCUT2D eigenvalue weighted by atomic mass is 32.2. The van der Waals surface area contributed by atoms with Gasteiger partial charge in [0.1, 0.15) is 17.1 Å². The van der Waals surface area contributed by atoms with Gasteiger partial charge in [0.15, 0.2) is 23.3 Å². The van der Waals surface area contributed by atoms with Crippen molar-refractivity contribution in [2.75, 3.05) is 16.4 Å². The molecule has 0 saturated heterocycles. The summed E-state index contributed by atoms with van der Waals surface area (Å²) >= 11 is 0.789. The molecule has 0 bridgehead atoms. The van der Waals surface area contributed by atoms with Gasteiger partial charge in [0, 0.05) is 16.1 Å². The van der Waals surface area contributed by atoms with Crippen molar-refractivity contribution >= 4 is 35.0 Å². The molecule has 184 valence electrons. The van der Waals surface area contributed by atoms with Gasteiger partial charge in [-0.1, -0.05) is 6.07 Å². The summed E-state index contributed by atoms with van der Waals surface area (Å²) in [5.74, 6) is -13.0. The zero-order valence-electron chi connectivity index (χ0n) is 17.1. The Hall–Kier alpha value is -3.61. The Kier molecular flexibility index (Phi) is 7.68. The molecule has 0 heterocycles. The highest BCUT2D eigenvalue weighted by molar-refractivity contribution is 8.00. The maximum Gasteiger partial charge on any atom is 0.422 e. The van der Waals surface area contributed by atoms with E-state index in [0.717, 1.165) is 23.9 Å². The molecule has 3 aromatic carbocycles. The minimum atomic E-state index is -5.70. The molecule has 2 N–H and O–H groups in total. The van der Waals surface area contributed by atoms with E-state index in [2.05, 4.69) is 5.32 Å². The Bertz CT molecular complexity index is 1250. The summed E-state index contributed by atoms with van der Waals surface area (Å²) in [7, 11) is 0. The van der Waals surface area contributed by atoms with E-state index in [1.165, 1.54) is 41.7 Å². The Labute approximate surface area is 196 Å². The van der Waals surface area contributed by atoms with E-state index >= 15 is 0 Å². The summed E-state index contributed by atoms with van der Waals surface area (Å²) in [6.45, 7) is 0. The lowest BCUT2D eigenvalue weighted by atomic mass is 10.1. The first-order valence-electron chi connectivity index (χ1n) is 9.41. The lowest BCUT2D eigenvalue weighted by molar-refractivity contribution is -0.143. The van der Waals surface area contributed by atoms with Gasteiger partial charge in [0.05, 0.1) is 5.75 Å². The Morgan fingerprint density at radius 2 is 1.40 bits per heavy atom. The van der Waals surface area contributed by atoms with Crippen molar-refractivity contribution in [3.05, 3.63) is 88.7 Å². The third-order valence-corrected chi connectivity index (χ3v) is 5.37. The molecule has 0 fully saturated rings. The van der Waals surface area contributed by atoms with Gasteiger partial charge in [0.2, 0.25) is 5.91 Å². The number of benzene rings is 3. The molecule has 3 aromatic rings. The van der Waals surface area contributed by atoms with Crippen LogP contribution >= 0.6 is 11.8 Å². The predicted molar refractivity (Wildman–Crippen MR) is 111 cm³/mol. The van der Waals surface area contributed by atoms with Crippen LogP contribution in [-0.2, 0) is 11.0 Å².